The molecular formula is C19H15ClN6O3. The molecule has 0 atom stereocenters. The molecule has 0 bridgehead atoms. The predicted molar refractivity (Wildman–Crippen MR) is 106 cm³/mol. The van der Waals surface area contributed by atoms with Crippen LogP contribution in [0.15, 0.2) is 48.9 Å². The molecule has 0 aliphatic heterocycles. The number of H-pyrrole nitrogens is 1. The summed E-state index contributed by atoms with van der Waals surface area (Å²) in [6.07, 6.45) is 4.37. The Morgan fingerprint density at radius 2 is 2.14 bits per heavy atom. The van der Waals surface area contributed by atoms with Crippen LogP contribution >= 0.6 is 11.6 Å². The summed E-state index contributed by atoms with van der Waals surface area (Å²) in [6, 6.07) is 8.95. The van der Waals surface area contributed by atoms with E-state index in [1.807, 2.05) is 6.07 Å². The number of carbonyl (C=O) groups is 2. The highest BCUT2D eigenvalue weighted by Crippen LogP contribution is 2.24. The molecule has 0 saturated carbocycles. The smallest absolute Gasteiger partial charge is 0.343 e. The third-order valence-corrected chi connectivity index (χ3v) is 4.42. The van der Waals surface area contributed by atoms with Crippen molar-refractivity contribution in [2.45, 2.75) is 6.92 Å². The monoisotopic (exact) mass is 410 g/mol. The molecule has 2 N–H and O–H groups in total. The van der Waals surface area contributed by atoms with Crippen molar-refractivity contribution in [3.05, 3.63) is 65.2 Å². The molecule has 3 heterocycles. The highest BCUT2D eigenvalue weighted by Gasteiger charge is 2.17. The zero-order valence-corrected chi connectivity index (χ0v) is 16.0. The molecule has 146 valence electrons. The SMILES string of the molecule is CCOC(=O)c1cnn2c(-c3cccc(NC(=O)c4[nH]ncc4Cl)c3)ccnc12. The van der Waals surface area contributed by atoms with Crippen LogP contribution in [0.25, 0.3) is 16.9 Å². The number of hydrogen-bond acceptors (Lipinski definition) is 6. The van der Waals surface area contributed by atoms with E-state index in [1.165, 1.54) is 12.4 Å². The van der Waals surface area contributed by atoms with Gasteiger partial charge in [0.05, 0.1) is 29.7 Å². The average Bonchev–Trinajstić information content (AvgIpc) is 3.34. The summed E-state index contributed by atoms with van der Waals surface area (Å²) in [5.74, 6) is -0.891. The Morgan fingerprint density at radius 1 is 1.28 bits per heavy atom. The molecule has 1 aromatic carbocycles. The molecule has 0 radical (unpaired) electrons. The molecule has 9 nitrogen and oxygen atoms in total. The standard InChI is InChI=1S/C19H15ClN6O3/c1-2-29-19(28)13-9-23-26-15(6-7-21-17(13)26)11-4-3-5-12(8-11)24-18(27)16-14(20)10-22-25-16/h3-10H,2H2,1H3,(H,22,25)(H,24,27). The van der Waals surface area contributed by atoms with Gasteiger partial charge in [0.25, 0.3) is 5.91 Å². The number of nitrogens with zero attached hydrogens (tertiary/aromatic N) is 4. The van der Waals surface area contributed by atoms with E-state index in [1.54, 1.807) is 41.9 Å². The molecule has 0 aliphatic carbocycles. The number of carbonyl (C=O) groups excluding carboxylic acids is 2. The van der Waals surface area contributed by atoms with Gasteiger partial charge in [-0.2, -0.15) is 10.2 Å². The van der Waals surface area contributed by atoms with Gasteiger partial charge < -0.3 is 10.1 Å². The van der Waals surface area contributed by atoms with Crippen molar-refractivity contribution in [2.24, 2.45) is 0 Å². The maximum atomic E-state index is 12.4. The first-order valence-electron chi connectivity index (χ1n) is 8.69. The molecule has 0 aliphatic rings. The minimum atomic E-state index is -0.482. The average molecular weight is 411 g/mol. The van der Waals surface area contributed by atoms with Crippen LogP contribution < -0.4 is 5.32 Å². The normalized spacial score (nSPS) is 10.8. The van der Waals surface area contributed by atoms with Crippen LogP contribution in [0.1, 0.15) is 27.8 Å². The van der Waals surface area contributed by atoms with Crippen LogP contribution in [-0.2, 0) is 4.74 Å². The molecule has 1 amide bonds. The third-order valence-electron chi connectivity index (χ3n) is 4.13. The number of halogens is 1. The second kappa shape index (κ2) is 7.72. The fourth-order valence-corrected chi connectivity index (χ4v) is 3.02. The van der Waals surface area contributed by atoms with Crippen molar-refractivity contribution in [1.29, 1.82) is 0 Å². The number of fused-ring (bicyclic) bond motifs is 1. The lowest BCUT2D eigenvalue weighted by Gasteiger charge is -2.08. The molecule has 0 fully saturated rings. The molecule has 0 saturated heterocycles. The van der Waals surface area contributed by atoms with E-state index in [9.17, 15) is 9.59 Å². The van der Waals surface area contributed by atoms with Gasteiger partial charge in [-0.25, -0.2) is 14.3 Å². The van der Waals surface area contributed by atoms with Crippen LogP contribution in [0.5, 0.6) is 0 Å². The summed E-state index contributed by atoms with van der Waals surface area (Å²) in [7, 11) is 0. The fraction of sp³-hybridized carbons (Fsp3) is 0.105. The Bertz CT molecular complexity index is 1220. The van der Waals surface area contributed by atoms with Gasteiger partial charge in [-0.15, -0.1) is 0 Å². The highest BCUT2D eigenvalue weighted by molar-refractivity contribution is 6.34. The van der Waals surface area contributed by atoms with Gasteiger partial charge in [-0.05, 0) is 25.1 Å². The first kappa shape index (κ1) is 18.6. The summed E-state index contributed by atoms with van der Waals surface area (Å²) in [5.41, 5.74) is 2.87. The summed E-state index contributed by atoms with van der Waals surface area (Å²) >= 11 is 5.93. The summed E-state index contributed by atoms with van der Waals surface area (Å²) in [5, 5.41) is 13.6. The largest absolute Gasteiger partial charge is 0.462 e. The van der Waals surface area contributed by atoms with E-state index in [2.05, 4.69) is 25.6 Å². The lowest BCUT2D eigenvalue weighted by Crippen LogP contribution is -2.13. The number of esters is 1. The van der Waals surface area contributed by atoms with Crippen LogP contribution in [-0.4, -0.2) is 43.3 Å². The Kier molecular flexibility index (Phi) is 4.96. The first-order chi connectivity index (χ1) is 14.1. The highest BCUT2D eigenvalue weighted by atomic mass is 35.5. The van der Waals surface area contributed by atoms with Crippen LogP contribution in [0.4, 0.5) is 5.69 Å². The molecular weight excluding hydrogens is 396 g/mol. The lowest BCUT2D eigenvalue weighted by atomic mass is 10.1. The van der Waals surface area contributed by atoms with E-state index < -0.39 is 11.9 Å². The van der Waals surface area contributed by atoms with E-state index in [0.717, 1.165) is 5.56 Å². The Hall–Kier alpha value is -3.72. The van der Waals surface area contributed by atoms with Crippen molar-refractivity contribution < 1.29 is 14.3 Å². The topological polar surface area (TPSA) is 114 Å². The van der Waals surface area contributed by atoms with E-state index >= 15 is 0 Å². The molecule has 4 aromatic rings. The number of amides is 1. The van der Waals surface area contributed by atoms with Crippen molar-refractivity contribution in [3.8, 4) is 11.3 Å². The molecule has 3 aromatic heterocycles. The molecule has 4 rings (SSSR count). The van der Waals surface area contributed by atoms with Gasteiger partial charge in [-0.3, -0.25) is 9.89 Å². The Morgan fingerprint density at radius 3 is 2.90 bits per heavy atom. The first-order valence-corrected chi connectivity index (χ1v) is 9.06. The van der Waals surface area contributed by atoms with Crippen LogP contribution in [0.2, 0.25) is 5.02 Å². The van der Waals surface area contributed by atoms with Gasteiger partial charge in [0.1, 0.15) is 11.3 Å². The number of aromatic amines is 1. The van der Waals surface area contributed by atoms with Crippen molar-refractivity contribution >= 4 is 34.8 Å². The van der Waals surface area contributed by atoms with Gasteiger partial charge in [0.15, 0.2) is 5.65 Å². The summed E-state index contributed by atoms with van der Waals surface area (Å²) in [6.45, 7) is 2.00. The van der Waals surface area contributed by atoms with Crippen molar-refractivity contribution in [1.82, 2.24) is 24.8 Å². The summed E-state index contributed by atoms with van der Waals surface area (Å²) < 4.78 is 6.60. The zero-order chi connectivity index (χ0) is 20.4. The van der Waals surface area contributed by atoms with Gasteiger partial charge in [0, 0.05) is 17.4 Å². The zero-order valence-electron chi connectivity index (χ0n) is 15.2. The van der Waals surface area contributed by atoms with E-state index in [4.69, 9.17) is 16.3 Å². The number of aromatic nitrogens is 5. The van der Waals surface area contributed by atoms with E-state index in [-0.39, 0.29) is 22.9 Å². The number of anilines is 1. The van der Waals surface area contributed by atoms with Crippen molar-refractivity contribution in [2.75, 3.05) is 11.9 Å². The maximum absolute atomic E-state index is 12.4. The van der Waals surface area contributed by atoms with Gasteiger partial charge >= 0.3 is 5.97 Å². The van der Waals surface area contributed by atoms with Gasteiger partial charge in [-0.1, -0.05) is 23.7 Å². The summed E-state index contributed by atoms with van der Waals surface area (Å²) in [4.78, 5) is 28.7. The van der Waals surface area contributed by atoms with Gasteiger partial charge in [0.2, 0.25) is 0 Å². The van der Waals surface area contributed by atoms with Crippen molar-refractivity contribution in [3.63, 3.8) is 0 Å². The minimum Gasteiger partial charge on any atom is -0.462 e. The second-order valence-corrected chi connectivity index (χ2v) is 6.38. The van der Waals surface area contributed by atoms with Crippen LogP contribution in [0, 0.1) is 0 Å². The Labute approximate surface area is 169 Å². The minimum absolute atomic E-state index is 0.175. The fourth-order valence-electron chi connectivity index (χ4n) is 2.84. The number of ether oxygens (including phenoxy) is 1. The number of benzene rings is 1. The molecule has 29 heavy (non-hydrogen) atoms. The van der Waals surface area contributed by atoms with Crippen LogP contribution in [0.3, 0.4) is 0 Å². The molecule has 10 heteroatoms. The molecule has 0 unspecified atom stereocenters. The lowest BCUT2D eigenvalue weighted by molar-refractivity contribution is 0.0528. The predicted octanol–water partition coefficient (Wildman–Crippen LogP) is 3.20. The number of rotatable bonds is 5. The maximum Gasteiger partial charge on any atom is 0.343 e. The second-order valence-electron chi connectivity index (χ2n) is 5.97. The number of hydrogen-bond donors (Lipinski definition) is 2. The number of nitrogens with one attached hydrogen (secondary N) is 2. The quantitative estimate of drug-likeness (QED) is 0.488. The third kappa shape index (κ3) is 3.55. The molecule has 0 spiro atoms. The Balaban J connectivity index is 1.68. The van der Waals surface area contributed by atoms with E-state index in [0.29, 0.717) is 17.0 Å².